The van der Waals surface area contributed by atoms with E-state index < -0.39 is 0 Å². The summed E-state index contributed by atoms with van der Waals surface area (Å²) in [6, 6.07) is 5.92. The molecule has 0 atom stereocenters. The Morgan fingerprint density at radius 3 is 2.95 bits per heavy atom. The first-order chi connectivity index (χ1) is 10.2. The summed E-state index contributed by atoms with van der Waals surface area (Å²) in [5, 5.41) is 7.80. The monoisotopic (exact) mass is 288 g/mol. The first-order valence-electron chi connectivity index (χ1n) is 7.12. The highest BCUT2D eigenvalue weighted by molar-refractivity contribution is 5.65. The summed E-state index contributed by atoms with van der Waals surface area (Å²) in [7, 11) is 1.90. The summed E-state index contributed by atoms with van der Waals surface area (Å²) in [6.07, 6.45) is 1.92. The van der Waals surface area contributed by atoms with Crippen molar-refractivity contribution >= 4 is 11.5 Å². The summed E-state index contributed by atoms with van der Waals surface area (Å²) in [5.41, 5.74) is 8.95. The lowest BCUT2D eigenvalue weighted by atomic mass is 10.2. The van der Waals surface area contributed by atoms with Crippen LogP contribution in [0.5, 0.6) is 11.5 Å². The lowest BCUT2D eigenvalue weighted by Gasteiger charge is -2.08. The van der Waals surface area contributed by atoms with Crippen LogP contribution in [0.4, 0.5) is 11.5 Å². The second-order valence-corrected chi connectivity index (χ2v) is 5.12. The van der Waals surface area contributed by atoms with Crippen LogP contribution in [0.3, 0.4) is 0 Å². The first-order valence-corrected chi connectivity index (χ1v) is 7.12. The van der Waals surface area contributed by atoms with Gasteiger partial charge in [-0.05, 0) is 24.1 Å². The van der Waals surface area contributed by atoms with Crippen molar-refractivity contribution in [2.24, 2.45) is 7.05 Å². The van der Waals surface area contributed by atoms with E-state index in [-0.39, 0.29) is 0 Å². The van der Waals surface area contributed by atoms with Crippen molar-refractivity contribution < 1.29 is 9.47 Å². The Bertz CT molecular complexity index is 651. The highest BCUT2D eigenvalue weighted by atomic mass is 16.7. The molecule has 1 aliphatic heterocycles. The molecule has 0 spiro atoms. The second kappa shape index (κ2) is 5.55. The van der Waals surface area contributed by atoms with Crippen LogP contribution in [0.2, 0.25) is 0 Å². The predicted octanol–water partition coefficient (Wildman–Crippen LogP) is 2.30. The number of nitrogens with one attached hydrogen (secondary N) is 1. The third-order valence-electron chi connectivity index (χ3n) is 3.54. The SMILES string of the molecule is CCCc1nn(C)c(NCc2ccc3c(c2)OCO3)c1N. The van der Waals surface area contributed by atoms with Gasteiger partial charge in [0.05, 0.1) is 11.4 Å². The molecule has 1 aromatic carbocycles. The minimum atomic E-state index is 0.293. The molecule has 1 aliphatic rings. The van der Waals surface area contributed by atoms with E-state index in [1.54, 1.807) is 4.68 Å². The molecule has 3 N–H and O–H groups in total. The van der Waals surface area contributed by atoms with Gasteiger partial charge in [0.25, 0.3) is 0 Å². The van der Waals surface area contributed by atoms with E-state index in [1.807, 2.05) is 25.2 Å². The molecule has 1 aromatic heterocycles. The zero-order valence-corrected chi connectivity index (χ0v) is 12.3. The fourth-order valence-corrected chi connectivity index (χ4v) is 2.46. The van der Waals surface area contributed by atoms with Gasteiger partial charge in [0.15, 0.2) is 11.5 Å². The minimum absolute atomic E-state index is 0.293. The van der Waals surface area contributed by atoms with Crippen molar-refractivity contribution in [1.29, 1.82) is 0 Å². The van der Waals surface area contributed by atoms with Gasteiger partial charge >= 0.3 is 0 Å². The Kier molecular flexibility index (Phi) is 3.60. The molecule has 0 saturated heterocycles. The van der Waals surface area contributed by atoms with Crippen LogP contribution < -0.4 is 20.5 Å². The number of benzene rings is 1. The number of aromatic nitrogens is 2. The van der Waals surface area contributed by atoms with E-state index >= 15 is 0 Å². The highest BCUT2D eigenvalue weighted by Gasteiger charge is 2.15. The smallest absolute Gasteiger partial charge is 0.231 e. The third kappa shape index (κ3) is 2.61. The molecule has 6 heteroatoms. The van der Waals surface area contributed by atoms with Gasteiger partial charge in [0, 0.05) is 13.6 Å². The predicted molar refractivity (Wildman–Crippen MR) is 81.5 cm³/mol. The lowest BCUT2D eigenvalue weighted by molar-refractivity contribution is 0.174. The number of ether oxygens (including phenoxy) is 2. The summed E-state index contributed by atoms with van der Waals surface area (Å²) in [5.74, 6) is 2.44. The molecule has 112 valence electrons. The molecule has 0 bridgehead atoms. The number of anilines is 2. The van der Waals surface area contributed by atoms with Crippen molar-refractivity contribution in [1.82, 2.24) is 9.78 Å². The molecule has 0 amide bonds. The maximum absolute atomic E-state index is 6.15. The van der Waals surface area contributed by atoms with Gasteiger partial charge in [0.1, 0.15) is 5.82 Å². The van der Waals surface area contributed by atoms with Gasteiger partial charge in [-0.15, -0.1) is 0 Å². The number of hydrogen-bond donors (Lipinski definition) is 2. The molecular formula is C15H20N4O2. The summed E-state index contributed by atoms with van der Waals surface area (Å²) < 4.78 is 12.5. The van der Waals surface area contributed by atoms with Gasteiger partial charge in [-0.3, -0.25) is 4.68 Å². The molecule has 2 heterocycles. The Morgan fingerprint density at radius 2 is 2.14 bits per heavy atom. The molecule has 0 unspecified atom stereocenters. The van der Waals surface area contributed by atoms with Crippen LogP contribution >= 0.6 is 0 Å². The fraction of sp³-hybridized carbons (Fsp3) is 0.400. The zero-order chi connectivity index (χ0) is 14.8. The second-order valence-electron chi connectivity index (χ2n) is 5.12. The van der Waals surface area contributed by atoms with Crippen molar-refractivity contribution in [3.63, 3.8) is 0 Å². The topological polar surface area (TPSA) is 74.3 Å². The molecule has 0 saturated carbocycles. The number of fused-ring (bicyclic) bond motifs is 1. The molecule has 0 aliphatic carbocycles. The standard InChI is InChI=1S/C15H20N4O2/c1-3-4-11-14(16)15(19(2)18-11)17-8-10-5-6-12-13(7-10)21-9-20-12/h5-7,17H,3-4,8-9,16H2,1-2H3. The Labute approximate surface area is 123 Å². The first kappa shape index (κ1) is 13.6. The molecule has 6 nitrogen and oxygen atoms in total. The Balaban J connectivity index is 1.73. The molecule has 21 heavy (non-hydrogen) atoms. The van der Waals surface area contributed by atoms with Crippen molar-refractivity contribution in [2.45, 2.75) is 26.3 Å². The number of aryl methyl sites for hydroxylation is 2. The van der Waals surface area contributed by atoms with Crippen molar-refractivity contribution in [3.8, 4) is 11.5 Å². The van der Waals surface area contributed by atoms with Crippen LogP contribution in [0.1, 0.15) is 24.6 Å². The zero-order valence-electron chi connectivity index (χ0n) is 12.3. The molecule has 0 fully saturated rings. The lowest BCUT2D eigenvalue weighted by Crippen LogP contribution is -2.06. The average molecular weight is 288 g/mol. The van der Waals surface area contributed by atoms with E-state index in [0.29, 0.717) is 13.3 Å². The maximum Gasteiger partial charge on any atom is 0.231 e. The van der Waals surface area contributed by atoms with E-state index in [9.17, 15) is 0 Å². The van der Waals surface area contributed by atoms with E-state index in [1.165, 1.54) is 0 Å². The summed E-state index contributed by atoms with van der Waals surface area (Å²) in [6.45, 7) is 3.07. The van der Waals surface area contributed by atoms with Crippen molar-refractivity contribution in [3.05, 3.63) is 29.5 Å². The van der Waals surface area contributed by atoms with Crippen LogP contribution in [0, 0.1) is 0 Å². The summed E-state index contributed by atoms with van der Waals surface area (Å²) in [4.78, 5) is 0. The van der Waals surface area contributed by atoms with Gasteiger partial charge in [0.2, 0.25) is 6.79 Å². The molecule has 0 radical (unpaired) electrons. The van der Waals surface area contributed by atoms with Crippen molar-refractivity contribution in [2.75, 3.05) is 17.8 Å². The molecule has 3 rings (SSSR count). The van der Waals surface area contributed by atoms with E-state index in [0.717, 1.165) is 47.1 Å². The quantitative estimate of drug-likeness (QED) is 0.883. The number of nitrogens with zero attached hydrogens (tertiary/aromatic N) is 2. The molecule has 2 aromatic rings. The maximum atomic E-state index is 6.15. The fourth-order valence-electron chi connectivity index (χ4n) is 2.46. The van der Waals surface area contributed by atoms with Crippen LogP contribution in [0.15, 0.2) is 18.2 Å². The van der Waals surface area contributed by atoms with Gasteiger partial charge in [-0.1, -0.05) is 19.4 Å². The van der Waals surface area contributed by atoms with Gasteiger partial charge in [-0.2, -0.15) is 5.10 Å². The third-order valence-corrected chi connectivity index (χ3v) is 3.54. The average Bonchev–Trinajstić information content (AvgIpc) is 3.03. The van der Waals surface area contributed by atoms with E-state index in [4.69, 9.17) is 15.2 Å². The number of nitrogens with two attached hydrogens (primary N) is 1. The number of nitrogen functional groups attached to an aromatic ring is 1. The normalized spacial score (nSPS) is 12.7. The number of rotatable bonds is 5. The van der Waals surface area contributed by atoms with Crippen LogP contribution in [-0.4, -0.2) is 16.6 Å². The Morgan fingerprint density at radius 1 is 1.33 bits per heavy atom. The van der Waals surface area contributed by atoms with Crippen LogP contribution in [0.25, 0.3) is 0 Å². The summed E-state index contributed by atoms with van der Waals surface area (Å²) >= 11 is 0. The highest BCUT2D eigenvalue weighted by Crippen LogP contribution is 2.33. The molecular weight excluding hydrogens is 268 g/mol. The number of hydrogen-bond acceptors (Lipinski definition) is 5. The van der Waals surface area contributed by atoms with Gasteiger partial charge in [-0.25, -0.2) is 0 Å². The minimum Gasteiger partial charge on any atom is -0.454 e. The largest absolute Gasteiger partial charge is 0.454 e. The van der Waals surface area contributed by atoms with Crippen LogP contribution in [-0.2, 0) is 20.0 Å². The van der Waals surface area contributed by atoms with Gasteiger partial charge < -0.3 is 20.5 Å². The van der Waals surface area contributed by atoms with E-state index in [2.05, 4.69) is 17.3 Å². The Hall–Kier alpha value is -2.37.